The molecular formula is C27H34N4O4S2. The molecule has 0 atom stereocenters. The van der Waals surface area contributed by atoms with Gasteiger partial charge in [-0.2, -0.15) is 0 Å². The van der Waals surface area contributed by atoms with Crippen LogP contribution in [0.25, 0.3) is 22.6 Å². The zero-order valence-electron chi connectivity index (χ0n) is 21.7. The Morgan fingerprint density at radius 3 is 2.27 bits per heavy atom. The number of nitrogens with zero attached hydrogens (tertiary/aromatic N) is 2. The molecule has 0 amide bonds. The van der Waals surface area contributed by atoms with E-state index in [0.29, 0.717) is 22.5 Å². The quantitative estimate of drug-likeness (QED) is 0.471. The number of H-pyrrole nitrogens is 1. The average Bonchev–Trinajstić information content (AvgIpc) is 3.37. The van der Waals surface area contributed by atoms with E-state index in [1.54, 1.807) is 57.3 Å². The number of anilines is 1. The summed E-state index contributed by atoms with van der Waals surface area (Å²) in [6.45, 7) is 7.17. The van der Waals surface area contributed by atoms with Crippen molar-refractivity contribution in [2.75, 3.05) is 24.2 Å². The van der Waals surface area contributed by atoms with Gasteiger partial charge in [-0.3, -0.25) is 0 Å². The summed E-state index contributed by atoms with van der Waals surface area (Å²) in [5, 5.41) is 0. The number of rotatable bonds is 6. The number of benzene rings is 2. The predicted molar refractivity (Wildman–Crippen MR) is 146 cm³/mol. The summed E-state index contributed by atoms with van der Waals surface area (Å²) in [7, 11) is -7.05. The Hall–Kier alpha value is -2.69. The van der Waals surface area contributed by atoms with Gasteiger partial charge in [-0.15, -0.1) is 0 Å². The van der Waals surface area contributed by atoms with Gasteiger partial charge >= 0.3 is 0 Å². The monoisotopic (exact) mass is 542 g/mol. The lowest BCUT2D eigenvalue weighted by molar-refractivity contribution is 0.384. The van der Waals surface area contributed by atoms with E-state index in [2.05, 4.69) is 19.6 Å². The smallest absolute Gasteiger partial charge is 0.241 e. The van der Waals surface area contributed by atoms with Crippen LogP contribution in [0.3, 0.4) is 0 Å². The van der Waals surface area contributed by atoms with Gasteiger partial charge in [0.2, 0.25) is 10.0 Å². The van der Waals surface area contributed by atoms with Crippen LogP contribution in [0.1, 0.15) is 46.5 Å². The third-order valence-corrected chi connectivity index (χ3v) is 10.1. The van der Waals surface area contributed by atoms with Gasteiger partial charge in [0.15, 0.2) is 9.84 Å². The lowest BCUT2D eigenvalue weighted by Gasteiger charge is -2.35. The fraction of sp³-hybridized carbons (Fsp3) is 0.444. The van der Waals surface area contributed by atoms with Crippen LogP contribution in [-0.4, -0.2) is 51.7 Å². The largest absolute Gasteiger partial charge is 0.371 e. The van der Waals surface area contributed by atoms with Gasteiger partial charge in [0.25, 0.3) is 0 Å². The van der Waals surface area contributed by atoms with E-state index in [-0.39, 0.29) is 9.79 Å². The van der Waals surface area contributed by atoms with Gasteiger partial charge in [-0.05, 0) is 82.2 Å². The number of aromatic amines is 1. The van der Waals surface area contributed by atoms with Gasteiger partial charge in [0.1, 0.15) is 5.82 Å². The number of hydrogen-bond donors (Lipinski definition) is 2. The molecule has 1 aliphatic carbocycles. The summed E-state index contributed by atoms with van der Waals surface area (Å²) < 4.78 is 53.0. The maximum absolute atomic E-state index is 12.8. The maximum atomic E-state index is 12.8. The molecule has 2 aliphatic rings. The molecule has 8 nitrogen and oxygen atoms in total. The molecule has 1 saturated carbocycles. The summed E-state index contributed by atoms with van der Waals surface area (Å²) in [4.78, 5) is 10.7. The lowest BCUT2D eigenvalue weighted by Crippen LogP contribution is -2.40. The highest BCUT2D eigenvalue weighted by Gasteiger charge is 2.44. The second-order valence-electron chi connectivity index (χ2n) is 11.5. The second kappa shape index (κ2) is 8.96. The van der Waals surface area contributed by atoms with E-state index >= 15 is 0 Å². The van der Waals surface area contributed by atoms with Crippen LogP contribution in [0.5, 0.6) is 0 Å². The molecule has 2 heterocycles. The van der Waals surface area contributed by atoms with Crippen molar-refractivity contribution in [1.82, 2.24) is 14.7 Å². The standard InChI is InChI=1S/C27H34N4O4S2/c1-26(2,3)30-37(34,35)21-7-5-6-19(16-21)23-18-28-25(29-23)22-9-8-20(36(4,32)33)17-24(22)31-14-12-27(10-11-27)13-15-31/h5-9,16-18,30H,10-15H2,1-4H3,(H,28,29). The third-order valence-electron chi connectivity index (χ3n) is 7.25. The molecule has 10 heteroatoms. The third kappa shape index (κ3) is 5.61. The Labute approximate surface area is 219 Å². The van der Waals surface area contributed by atoms with Crippen LogP contribution in [-0.2, 0) is 19.9 Å². The predicted octanol–water partition coefficient (Wildman–Crippen LogP) is 4.60. The Morgan fingerprint density at radius 2 is 1.65 bits per heavy atom. The van der Waals surface area contributed by atoms with Crippen molar-refractivity contribution in [3.63, 3.8) is 0 Å². The minimum atomic E-state index is -3.69. The van der Waals surface area contributed by atoms with Crippen molar-refractivity contribution in [3.8, 4) is 22.6 Å². The fourth-order valence-corrected chi connectivity index (χ4v) is 7.11. The second-order valence-corrected chi connectivity index (χ2v) is 15.2. The highest BCUT2D eigenvalue weighted by Crippen LogP contribution is 2.54. The van der Waals surface area contributed by atoms with Crippen molar-refractivity contribution < 1.29 is 16.8 Å². The molecule has 2 N–H and O–H groups in total. The van der Waals surface area contributed by atoms with E-state index in [1.807, 2.05) is 12.1 Å². The van der Waals surface area contributed by atoms with Gasteiger partial charge in [0, 0.05) is 41.7 Å². The van der Waals surface area contributed by atoms with Gasteiger partial charge in [-0.25, -0.2) is 26.5 Å². The molecule has 2 fully saturated rings. The lowest BCUT2D eigenvalue weighted by atomic mass is 9.93. The van der Waals surface area contributed by atoms with Crippen molar-refractivity contribution in [1.29, 1.82) is 0 Å². The van der Waals surface area contributed by atoms with Gasteiger partial charge in [0.05, 0.1) is 21.7 Å². The number of hydrogen-bond acceptors (Lipinski definition) is 6. The first-order valence-corrected chi connectivity index (χ1v) is 15.9. The number of sulfonamides is 1. The summed E-state index contributed by atoms with van der Waals surface area (Å²) in [6.07, 6.45) is 7.71. The number of imidazole rings is 1. The van der Waals surface area contributed by atoms with E-state index < -0.39 is 25.4 Å². The molecule has 1 spiro atoms. The minimum absolute atomic E-state index is 0.177. The molecule has 0 radical (unpaired) electrons. The summed E-state index contributed by atoms with van der Waals surface area (Å²) in [5.41, 5.74) is 2.94. The van der Waals surface area contributed by atoms with Crippen molar-refractivity contribution in [2.24, 2.45) is 5.41 Å². The normalized spacial score (nSPS) is 17.8. The molecule has 37 heavy (non-hydrogen) atoms. The van der Waals surface area contributed by atoms with Gasteiger partial charge < -0.3 is 9.88 Å². The highest BCUT2D eigenvalue weighted by atomic mass is 32.2. The number of sulfone groups is 1. The van der Waals surface area contributed by atoms with Crippen molar-refractivity contribution in [3.05, 3.63) is 48.7 Å². The molecule has 0 bridgehead atoms. The topological polar surface area (TPSA) is 112 Å². The first-order valence-electron chi connectivity index (χ1n) is 12.5. The van der Waals surface area contributed by atoms with E-state index in [4.69, 9.17) is 0 Å². The summed E-state index contributed by atoms with van der Waals surface area (Å²) >= 11 is 0. The summed E-state index contributed by atoms with van der Waals surface area (Å²) in [6, 6.07) is 11.9. The zero-order valence-corrected chi connectivity index (χ0v) is 23.3. The molecule has 5 rings (SSSR count). The molecule has 1 saturated heterocycles. The Bertz CT molecular complexity index is 1540. The van der Waals surface area contributed by atoms with Crippen LogP contribution in [0.2, 0.25) is 0 Å². The Balaban J connectivity index is 1.49. The highest BCUT2D eigenvalue weighted by molar-refractivity contribution is 7.90. The van der Waals surface area contributed by atoms with Crippen LogP contribution >= 0.6 is 0 Å². The molecule has 198 valence electrons. The molecule has 2 aromatic carbocycles. The van der Waals surface area contributed by atoms with E-state index in [9.17, 15) is 16.8 Å². The maximum Gasteiger partial charge on any atom is 0.241 e. The zero-order chi connectivity index (χ0) is 26.6. The molecular weight excluding hydrogens is 508 g/mol. The van der Waals surface area contributed by atoms with Crippen molar-refractivity contribution in [2.45, 2.75) is 61.8 Å². The van der Waals surface area contributed by atoms with Crippen LogP contribution in [0.15, 0.2) is 58.5 Å². The number of piperidine rings is 1. The van der Waals surface area contributed by atoms with Crippen LogP contribution < -0.4 is 9.62 Å². The Kier molecular flexibility index (Phi) is 6.28. The van der Waals surface area contributed by atoms with Gasteiger partial charge in [-0.1, -0.05) is 12.1 Å². The Morgan fingerprint density at radius 1 is 0.946 bits per heavy atom. The molecule has 0 unspecified atom stereocenters. The van der Waals surface area contributed by atoms with E-state index in [0.717, 1.165) is 37.2 Å². The van der Waals surface area contributed by atoms with Crippen LogP contribution in [0, 0.1) is 5.41 Å². The van der Waals surface area contributed by atoms with E-state index in [1.165, 1.54) is 19.1 Å². The first-order chi connectivity index (χ1) is 17.2. The molecule has 1 aliphatic heterocycles. The van der Waals surface area contributed by atoms with Crippen molar-refractivity contribution >= 4 is 25.5 Å². The molecule has 3 aromatic rings. The number of nitrogens with one attached hydrogen (secondary N) is 2. The van der Waals surface area contributed by atoms with Crippen LogP contribution in [0.4, 0.5) is 5.69 Å². The SMILES string of the molecule is CC(C)(C)NS(=O)(=O)c1cccc(-c2cnc(-c3ccc(S(C)(=O)=O)cc3N3CCC4(CC3)CC4)[nH]2)c1. The molecule has 1 aromatic heterocycles. The first kappa shape index (κ1) is 25.9. The average molecular weight is 543 g/mol. The fourth-order valence-electron chi connectivity index (χ4n) is 5.00. The summed E-state index contributed by atoms with van der Waals surface area (Å²) in [5.74, 6) is 0.609. The minimum Gasteiger partial charge on any atom is -0.371 e. The number of aromatic nitrogens is 2.